The summed E-state index contributed by atoms with van der Waals surface area (Å²) >= 11 is 1.40. The Kier molecular flexibility index (Phi) is 7.51. The number of fused-ring (bicyclic) bond motifs is 1. The fourth-order valence-electron chi connectivity index (χ4n) is 4.48. The van der Waals surface area contributed by atoms with Crippen molar-refractivity contribution in [2.75, 3.05) is 19.0 Å². The molecule has 0 spiro atoms. The summed E-state index contributed by atoms with van der Waals surface area (Å²) in [6.45, 7) is 3.01. The van der Waals surface area contributed by atoms with E-state index in [4.69, 9.17) is 4.74 Å². The van der Waals surface area contributed by atoms with Gasteiger partial charge in [-0.3, -0.25) is 9.59 Å². The van der Waals surface area contributed by atoms with Crippen LogP contribution in [0.25, 0.3) is 0 Å². The van der Waals surface area contributed by atoms with Crippen LogP contribution in [0.1, 0.15) is 53.1 Å². The van der Waals surface area contributed by atoms with Crippen molar-refractivity contribution in [2.45, 2.75) is 45.1 Å². The molecule has 0 saturated carbocycles. The Hall–Kier alpha value is -3.64. The number of amides is 2. The summed E-state index contributed by atoms with van der Waals surface area (Å²) in [5, 5.41) is 13.3. The first-order valence-corrected chi connectivity index (χ1v) is 12.4. The minimum Gasteiger partial charge on any atom is -0.496 e. The van der Waals surface area contributed by atoms with Crippen molar-refractivity contribution in [3.05, 3.63) is 64.1 Å². The number of imidazole rings is 1. The summed E-state index contributed by atoms with van der Waals surface area (Å²) in [5.74, 6) is 1.51. The van der Waals surface area contributed by atoms with Crippen LogP contribution >= 0.6 is 11.3 Å². The Bertz CT molecular complexity index is 1270. The first-order valence-electron chi connectivity index (χ1n) is 11.6. The molecule has 2 aromatic heterocycles. The van der Waals surface area contributed by atoms with Crippen molar-refractivity contribution in [1.82, 2.24) is 14.5 Å². The number of para-hydroxylation sites is 1. The van der Waals surface area contributed by atoms with Crippen LogP contribution in [-0.4, -0.2) is 39.9 Å². The fourth-order valence-corrected chi connectivity index (χ4v) is 5.71. The minimum absolute atomic E-state index is 0.0434. The molecule has 0 radical (unpaired) electrons. The highest BCUT2D eigenvalue weighted by atomic mass is 32.1. The number of benzene rings is 1. The SMILES string of the molecule is COc1ccccc1C(C)CC(=O)Nc1sc2c(c1C#N)CCN(C(=O)CCc1nccn1C)C2. The molecule has 0 fully saturated rings. The van der Waals surface area contributed by atoms with E-state index in [0.29, 0.717) is 42.9 Å². The largest absolute Gasteiger partial charge is 0.496 e. The van der Waals surface area contributed by atoms with E-state index >= 15 is 0 Å². The second-order valence-electron chi connectivity index (χ2n) is 8.73. The zero-order valence-corrected chi connectivity index (χ0v) is 21.0. The zero-order valence-electron chi connectivity index (χ0n) is 20.2. The van der Waals surface area contributed by atoms with Gasteiger partial charge in [0.2, 0.25) is 11.8 Å². The molecule has 8 nitrogen and oxygen atoms in total. The number of hydrogen-bond acceptors (Lipinski definition) is 6. The lowest BCUT2D eigenvalue weighted by atomic mass is 9.96. The third kappa shape index (κ3) is 5.38. The van der Waals surface area contributed by atoms with Gasteiger partial charge in [0.15, 0.2) is 0 Å². The molecule has 9 heteroatoms. The Morgan fingerprint density at radius 1 is 1.34 bits per heavy atom. The van der Waals surface area contributed by atoms with Crippen LogP contribution in [0.3, 0.4) is 0 Å². The second-order valence-corrected chi connectivity index (χ2v) is 9.84. The van der Waals surface area contributed by atoms with E-state index in [0.717, 1.165) is 27.6 Å². The minimum atomic E-state index is -0.151. The average molecular weight is 492 g/mol. The molecule has 1 N–H and O–H groups in total. The van der Waals surface area contributed by atoms with E-state index in [1.807, 2.05) is 53.9 Å². The highest BCUT2D eigenvalue weighted by Gasteiger charge is 2.28. The third-order valence-corrected chi connectivity index (χ3v) is 7.55. The number of aromatic nitrogens is 2. The van der Waals surface area contributed by atoms with E-state index in [9.17, 15) is 14.9 Å². The van der Waals surface area contributed by atoms with Gasteiger partial charge in [0.1, 0.15) is 22.6 Å². The second kappa shape index (κ2) is 10.7. The van der Waals surface area contributed by atoms with Crippen LogP contribution in [0.2, 0.25) is 0 Å². The van der Waals surface area contributed by atoms with Crippen molar-refractivity contribution >= 4 is 28.2 Å². The summed E-state index contributed by atoms with van der Waals surface area (Å²) in [6, 6.07) is 9.94. The van der Waals surface area contributed by atoms with Crippen LogP contribution in [0, 0.1) is 11.3 Å². The molecule has 3 aromatic rings. The van der Waals surface area contributed by atoms with Gasteiger partial charge in [0.25, 0.3) is 0 Å². The molecule has 35 heavy (non-hydrogen) atoms. The van der Waals surface area contributed by atoms with Crippen LogP contribution < -0.4 is 10.1 Å². The molecule has 1 aliphatic rings. The fraction of sp³-hybridized carbons (Fsp3) is 0.385. The lowest BCUT2D eigenvalue weighted by molar-refractivity contribution is -0.132. The van der Waals surface area contributed by atoms with Crippen LogP contribution in [0.4, 0.5) is 5.00 Å². The molecule has 1 aliphatic heterocycles. The van der Waals surface area contributed by atoms with Crippen molar-refractivity contribution in [3.8, 4) is 11.8 Å². The number of thiophene rings is 1. The van der Waals surface area contributed by atoms with Gasteiger partial charge in [-0.2, -0.15) is 5.26 Å². The van der Waals surface area contributed by atoms with Crippen LogP contribution in [0.5, 0.6) is 5.75 Å². The summed E-state index contributed by atoms with van der Waals surface area (Å²) in [5.41, 5.74) is 2.43. The number of rotatable bonds is 8. The maximum absolute atomic E-state index is 12.8. The van der Waals surface area contributed by atoms with Gasteiger partial charge >= 0.3 is 0 Å². The molecule has 2 amide bonds. The number of aryl methyl sites for hydroxylation is 2. The molecule has 0 saturated heterocycles. The number of anilines is 1. The van der Waals surface area contributed by atoms with E-state index in [1.54, 1.807) is 13.3 Å². The molecule has 0 bridgehead atoms. The number of nitrogens with zero attached hydrogens (tertiary/aromatic N) is 4. The first kappa shape index (κ1) is 24.5. The maximum atomic E-state index is 12.8. The topological polar surface area (TPSA) is 100 Å². The maximum Gasteiger partial charge on any atom is 0.225 e. The number of hydrogen-bond donors (Lipinski definition) is 1. The Balaban J connectivity index is 1.40. The number of methoxy groups -OCH3 is 1. The molecule has 1 atom stereocenters. The Labute approximate surface area is 209 Å². The van der Waals surface area contributed by atoms with Crippen LogP contribution in [0.15, 0.2) is 36.7 Å². The van der Waals surface area contributed by atoms with Gasteiger partial charge in [-0.05, 0) is 29.5 Å². The van der Waals surface area contributed by atoms with Crippen molar-refractivity contribution in [2.24, 2.45) is 7.05 Å². The zero-order chi connectivity index (χ0) is 24.9. The normalized spacial score (nSPS) is 13.6. The van der Waals surface area contributed by atoms with E-state index < -0.39 is 0 Å². The lowest BCUT2D eigenvalue weighted by Gasteiger charge is -2.27. The summed E-state index contributed by atoms with van der Waals surface area (Å²) in [4.78, 5) is 32.7. The predicted octanol–water partition coefficient (Wildman–Crippen LogP) is 4.01. The van der Waals surface area contributed by atoms with Crippen molar-refractivity contribution in [1.29, 1.82) is 5.26 Å². The third-order valence-electron chi connectivity index (χ3n) is 6.42. The quantitative estimate of drug-likeness (QED) is 0.513. The molecule has 4 rings (SSSR count). The van der Waals surface area contributed by atoms with Gasteiger partial charge < -0.3 is 19.5 Å². The van der Waals surface area contributed by atoms with Gasteiger partial charge in [-0.1, -0.05) is 25.1 Å². The highest BCUT2D eigenvalue weighted by Crippen LogP contribution is 2.37. The van der Waals surface area contributed by atoms with Crippen LogP contribution in [-0.2, 0) is 36.0 Å². The summed E-state index contributed by atoms with van der Waals surface area (Å²) in [6.07, 6.45) is 5.46. The molecule has 1 unspecified atom stereocenters. The smallest absolute Gasteiger partial charge is 0.225 e. The molecule has 1 aromatic carbocycles. The van der Waals surface area contributed by atoms with E-state index in [1.165, 1.54) is 11.3 Å². The highest BCUT2D eigenvalue weighted by molar-refractivity contribution is 7.16. The Morgan fingerprint density at radius 2 is 2.14 bits per heavy atom. The monoisotopic (exact) mass is 491 g/mol. The number of ether oxygens (including phenoxy) is 1. The number of carbonyl (C=O) groups excluding carboxylic acids is 2. The van der Waals surface area contributed by atoms with E-state index in [-0.39, 0.29) is 24.2 Å². The lowest BCUT2D eigenvalue weighted by Crippen LogP contribution is -2.35. The molecule has 3 heterocycles. The molecule has 0 aliphatic carbocycles. The molecular weight excluding hydrogens is 462 g/mol. The first-order chi connectivity index (χ1) is 16.9. The predicted molar refractivity (Wildman–Crippen MR) is 134 cm³/mol. The number of nitrogens with one attached hydrogen (secondary N) is 1. The van der Waals surface area contributed by atoms with Crippen molar-refractivity contribution < 1.29 is 14.3 Å². The van der Waals surface area contributed by atoms with Gasteiger partial charge in [-0.25, -0.2) is 4.98 Å². The van der Waals surface area contributed by atoms with Gasteiger partial charge in [-0.15, -0.1) is 11.3 Å². The van der Waals surface area contributed by atoms with Gasteiger partial charge in [0, 0.05) is 50.1 Å². The molecular formula is C26H29N5O3S. The van der Waals surface area contributed by atoms with E-state index in [2.05, 4.69) is 16.4 Å². The molecule has 182 valence electrons. The number of nitriles is 1. The average Bonchev–Trinajstić information content (AvgIpc) is 3.43. The summed E-state index contributed by atoms with van der Waals surface area (Å²) in [7, 11) is 3.54. The number of carbonyl (C=O) groups is 2. The standard InChI is InChI=1S/C26H29N5O3S/c1-17(18-6-4-5-7-21(18)34-3)14-24(32)29-26-20(15-27)19-10-12-31(16-22(19)35-26)25(33)9-8-23-28-11-13-30(23)2/h4-7,11,13,17H,8-10,12,14,16H2,1-3H3,(H,29,32). The summed E-state index contributed by atoms with van der Waals surface area (Å²) < 4.78 is 7.34. The Morgan fingerprint density at radius 3 is 2.86 bits per heavy atom. The van der Waals surface area contributed by atoms with Crippen molar-refractivity contribution in [3.63, 3.8) is 0 Å². The van der Waals surface area contributed by atoms with Gasteiger partial charge in [0.05, 0.1) is 19.2 Å².